The first-order valence-corrected chi connectivity index (χ1v) is 4.70. The average molecular weight is 207 g/mol. The highest BCUT2D eigenvalue weighted by atomic mass is 19.1. The molecular weight excluding hydrogens is 193 g/mol. The molecule has 0 heterocycles. The molecule has 80 valence electrons. The molecule has 0 fully saturated rings. The predicted molar refractivity (Wildman–Crippen MR) is 60.1 cm³/mol. The number of allylic oxidation sites excluding steroid dienone is 1. The minimum absolute atomic E-state index is 0.0786. The summed E-state index contributed by atoms with van der Waals surface area (Å²) in [6.45, 7) is -0.373. The fourth-order valence-electron chi connectivity index (χ4n) is 1.26. The second kappa shape index (κ2) is 5.86. The molecule has 0 saturated heterocycles. The van der Waals surface area contributed by atoms with Crippen LogP contribution in [0.2, 0.25) is 0 Å². The van der Waals surface area contributed by atoms with Gasteiger partial charge in [-0.1, -0.05) is 24.3 Å². The zero-order chi connectivity index (χ0) is 11.1. The van der Waals surface area contributed by atoms with Gasteiger partial charge in [-0.3, -0.25) is 4.39 Å². The summed E-state index contributed by atoms with van der Waals surface area (Å²) < 4.78 is 12.1. The van der Waals surface area contributed by atoms with Gasteiger partial charge in [0.15, 0.2) is 0 Å². The van der Waals surface area contributed by atoms with Gasteiger partial charge in [0.1, 0.15) is 5.76 Å². The molecule has 0 bridgehead atoms. The van der Waals surface area contributed by atoms with Crippen LogP contribution in [-0.4, -0.2) is 11.8 Å². The summed E-state index contributed by atoms with van der Waals surface area (Å²) in [6.07, 6.45) is 4.62. The van der Waals surface area contributed by atoms with Crippen LogP contribution in [0, 0.1) is 0 Å². The van der Waals surface area contributed by atoms with Crippen LogP contribution in [0.5, 0.6) is 0 Å². The fourth-order valence-corrected chi connectivity index (χ4v) is 1.26. The predicted octanol–water partition coefficient (Wildman–Crippen LogP) is 2.57. The van der Waals surface area contributed by atoms with E-state index in [1.807, 2.05) is 24.3 Å². The lowest BCUT2D eigenvalue weighted by Crippen LogP contribution is -1.87. The van der Waals surface area contributed by atoms with Crippen molar-refractivity contribution in [2.45, 2.75) is 6.42 Å². The molecule has 0 aromatic heterocycles. The van der Waals surface area contributed by atoms with Crippen LogP contribution in [0.25, 0.3) is 6.08 Å². The van der Waals surface area contributed by atoms with Crippen LogP contribution in [0.1, 0.15) is 11.1 Å². The van der Waals surface area contributed by atoms with Crippen molar-refractivity contribution in [1.29, 1.82) is 0 Å². The Bertz CT molecular complexity index is 372. The van der Waals surface area contributed by atoms with E-state index in [0.717, 1.165) is 11.1 Å². The molecule has 1 aromatic carbocycles. The van der Waals surface area contributed by atoms with Gasteiger partial charge in [-0.25, -0.2) is 0 Å². The number of rotatable bonds is 4. The Balaban J connectivity index is 2.85. The Morgan fingerprint density at radius 2 is 2.27 bits per heavy atom. The second-order valence-electron chi connectivity index (χ2n) is 3.11. The van der Waals surface area contributed by atoms with Crippen molar-refractivity contribution in [1.82, 2.24) is 0 Å². The quantitative estimate of drug-likeness (QED) is 0.588. The maximum atomic E-state index is 12.1. The zero-order valence-corrected chi connectivity index (χ0v) is 8.36. The molecule has 1 aromatic rings. The van der Waals surface area contributed by atoms with Crippen LogP contribution >= 0.6 is 0 Å². The number of hydrogen-bond acceptors (Lipinski definition) is 2. The number of aryl methyl sites for hydroxylation is 1. The van der Waals surface area contributed by atoms with Gasteiger partial charge in [0.2, 0.25) is 0 Å². The first kappa shape index (κ1) is 11.3. The zero-order valence-electron chi connectivity index (χ0n) is 8.36. The summed E-state index contributed by atoms with van der Waals surface area (Å²) in [7, 11) is 0. The third kappa shape index (κ3) is 3.85. The van der Waals surface area contributed by atoms with Crippen molar-refractivity contribution >= 4 is 6.08 Å². The molecule has 0 unspecified atom stereocenters. The number of benzene rings is 1. The van der Waals surface area contributed by atoms with Gasteiger partial charge in [-0.05, 0) is 29.5 Å². The SMILES string of the molecule is N/C=C/C(O)=C\c1cccc(CCF)c1. The normalized spacial score (nSPS) is 12.2. The van der Waals surface area contributed by atoms with E-state index >= 15 is 0 Å². The molecular formula is C12H14FNO. The molecule has 0 radical (unpaired) electrons. The molecule has 3 N–H and O–H groups in total. The molecule has 0 saturated carbocycles. The minimum Gasteiger partial charge on any atom is -0.508 e. The highest BCUT2D eigenvalue weighted by Crippen LogP contribution is 2.10. The third-order valence-electron chi connectivity index (χ3n) is 1.92. The molecule has 0 aliphatic carbocycles. The van der Waals surface area contributed by atoms with E-state index in [0.29, 0.717) is 6.42 Å². The molecule has 0 aliphatic rings. The smallest absolute Gasteiger partial charge is 0.117 e. The Hall–Kier alpha value is -1.77. The third-order valence-corrected chi connectivity index (χ3v) is 1.92. The average Bonchev–Trinajstić information content (AvgIpc) is 2.19. The van der Waals surface area contributed by atoms with Gasteiger partial charge in [0.25, 0.3) is 0 Å². The monoisotopic (exact) mass is 207 g/mol. The lowest BCUT2D eigenvalue weighted by atomic mass is 10.1. The Labute approximate surface area is 88.5 Å². The summed E-state index contributed by atoms with van der Waals surface area (Å²) in [5.41, 5.74) is 6.87. The standard InChI is InChI=1S/C12H14FNO/c13-6-4-10-2-1-3-11(8-10)9-12(15)5-7-14/h1-3,5,7-9,15H,4,6,14H2/b7-5+,12-9+. The van der Waals surface area contributed by atoms with E-state index in [2.05, 4.69) is 0 Å². The lowest BCUT2D eigenvalue weighted by molar-refractivity contribution is 0.437. The first-order chi connectivity index (χ1) is 7.26. The number of alkyl halides is 1. The molecule has 15 heavy (non-hydrogen) atoms. The van der Waals surface area contributed by atoms with E-state index in [1.165, 1.54) is 12.3 Å². The summed E-state index contributed by atoms with van der Waals surface area (Å²) in [4.78, 5) is 0. The second-order valence-corrected chi connectivity index (χ2v) is 3.11. The largest absolute Gasteiger partial charge is 0.508 e. The van der Waals surface area contributed by atoms with E-state index in [9.17, 15) is 9.50 Å². The minimum atomic E-state index is -0.373. The molecule has 2 nitrogen and oxygen atoms in total. The van der Waals surface area contributed by atoms with Crippen LogP contribution in [0.3, 0.4) is 0 Å². The van der Waals surface area contributed by atoms with Crippen LogP contribution in [-0.2, 0) is 6.42 Å². The van der Waals surface area contributed by atoms with E-state index in [-0.39, 0.29) is 12.4 Å². The van der Waals surface area contributed by atoms with Gasteiger partial charge in [0, 0.05) is 6.42 Å². The topological polar surface area (TPSA) is 46.2 Å². The number of nitrogens with two attached hydrogens (primary N) is 1. The van der Waals surface area contributed by atoms with Gasteiger partial charge >= 0.3 is 0 Å². The number of halogens is 1. The van der Waals surface area contributed by atoms with E-state index in [4.69, 9.17) is 5.73 Å². The molecule has 1 rings (SSSR count). The number of hydrogen-bond donors (Lipinski definition) is 2. The van der Waals surface area contributed by atoms with Gasteiger partial charge in [0.05, 0.1) is 6.67 Å². The highest BCUT2D eigenvalue weighted by molar-refractivity contribution is 5.54. The van der Waals surface area contributed by atoms with Crippen LogP contribution in [0.15, 0.2) is 42.3 Å². The molecule has 0 atom stereocenters. The summed E-state index contributed by atoms with van der Waals surface area (Å²) in [5, 5.41) is 9.34. The summed E-state index contributed by atoms with van der Waals surface area (Å²) in [5.74, 6) is 0.0786. The maximum Gasteiger partial charge on any atom is 0.117 e. The maximum absolute atomic E-state index is 12.1. The Morgan fingerprint density at radius 1 is 1.47 bits per heavy atom. The summed E-state index contributed by atoms with van der Waals surface area (Å²) in [6, 6.07) is 7.35. The molecule has 0 aliphatic heterocycles. The molecule has 3 heteroatoms. The van der Waals surface area contributed by atoms with Crippen molar-refractivity contribution in [3.8, 4) is 0 Å². The Kier molecular flexibility index (Phi) is 4.41. The van der Waals surface area contributed by atoms with Crippen LogP contribution < -0.4 is 5.73 Å². The number of aliphatic hydroxyl groups is 1. The van der Waals surface area contributed by atoms with Gasteiger partial charge in [-0.15, -0.1) is 0 Å². The Morgan fingerprint density at radius 3 is 2.93 bits per heavy atom. The summed E-state index contributed by atoms with van der Waals surface area (Å²) >= 11 is 0. The van der Waals surface area contributed by atoms with Gasteiger partial charge < -0.3 is 10.8 Å². The molecule has 0 amide bonds. The lowest BCUT2D eigenvalue weighted by Gasteiger charge is -1.99. The van der Waals surface area contributed by atoms with E-state index < -0.39 is 0 Å². The first-order valence-electron chi connectivity index (χ1n) is 4.70. The molecule has 0 spiro atoms. The van der Waals surface area contributed by atoms with Crippen molar-refractivity contribution < 1.29 is 9.50 Å². The van der Waals surface area contributed by atoms with E-state index in [1.54, 1.807) is 6.08 Å². The highest BCUT2D eigenvalue weighted by Gasteiger charge is 1.94. The number of aliphatic hydroxyl groups excluding tert-OH is 1. The van der Waals surface area contributed by atoms with Crippen LogP contribution in [0.4, 0.5) is 4.39 Å². The van der Waals surface area contributed by atoms with Gasteiger partial charge in [-0.2, -0.15) is 0 Å². The van der Waals surface area contributed by atoms with Crippen molar-refractivity contribution in [3.63, 3.8) is 0 Å². The van der Waals surface area contributed by atoms with Crippen molar-refractivity contribution in [2.75, 3.05) is 6.67 Å². The fraction of sp³-hybridized carbons (Fsp3) is 0.167. The van der Waals surface area contributed by atoms with Crippen molar-refractivity contribution in [3.05, 3.63) is 53.4 Å². The van der Waals surface area contributed by atoms with Crippen molar-refractivity contribution in [2.24, 2.45) is 5.73 Å².